The Bertz CT molecular complexity index is 514. The highest BCUT2D eigenvalue weighted by Crippen LogP contribution is 2.09. The number of aryl methyl sites for hydroxylation is 1. The fourth-order valence-electron chi connectivity index (χ4n) is 2.03. The number of benzene rings is 1. The fraction of sp³-hybridized carbons (Fsp3) is 0.471. The molecule has 5 heteroatoms. The molecule has 22 heavy (non-hydrogen) atoms. The molecule has 0 aliphatic heterocycles. The van der Waals surface area contributed by atoms with Crippen LogP contribution in [0.25, 0.3) is 0 Å². The van der Waals surface area contributed by atoms with Gasteiger partial charge in [-0.1, -0.05) is 30.3 Å². The molecule has 0 unspecified atom stereocenters. The van der Waals surface area contributed by atoms with Crippen molar-refractivity contribution >= 4 is 0 Å². The summed E-state index contributed by atoms with van der Waals surface area (Å²) < 4.78 is 13.0. The summed E-state index contributed by atoms with van der Waals surface area (Å²) in [6.45, 7) is 2.97. The van der Waals surface area contributed by atoms with Crippen molar-refractivity contribution in [3.8, 4) is 5.75 Å². The average Bonchev–Trinajstić information content (AvgIpc) is 3.01. The molecular weight excluding hydrogens is 280 g/mol. The van der Waals surface area contributed by atoms with Gasteiger partial charge in [-0.15, -0.1) is 0 Å². The van der Waals surface area contributed by atoms with Gasteiger partial charge in [0.2, 0.25) is 0 Å². The monoisotopic (exact) mass is 304 g/mol. The average molecular weight is 304 g/mol. The number of hydrogen-bond acceptors (Lipinski definition) is 4. The number of nitrogens with zero attached hydrogens (tertiary/aromatic N) is 2. The van der Waals surface area contributed by atoms with Crippen molar-refractivity contribution in [2.45, 2.75) is 32.4 Å². The lowest BCUT2D eigenvalue weighted by Crippen LogP contribution is -2.01. The third kappa shape index (κ3) is 6.28. The molecule has 0 spiro atoms. The van der Waals surface area contributed by atoms with Gasteiger partial charge in [-0.25, -0.2) is 0 Å². The van der Waals surface area contributed by atoms with Crippen LogP contribution < -0.4 is 4.74 Å². The number of hydrogen-bond donors (Lipinski definition) is 1. The summed E-state index contributed by atoms with van der Waals surface area (Å²) in [5, 5.41) is 12.9. The van der Waals surface area contributed by atoms with Crippen LogP contribution in [0.15, 0.2) is 42.7 Å². The van der Waals surface area contributed by atoms with Gasteiger partial charge in [-0.3, -0.25) is 4.68 Å². The number of ether oxygens (including phenoxy) is 2. The Morgan fingerprint density at radius 2 is 1.86 bits per heavy atom. The van der Waals surface area contributed by atoms with Gasteiger partial charge in [-0.2, -0.15) is 5.10 Å². The molecule has 0 fully saturated rings. The van der Waals surface area contributed by atoms with Crippen LogP contribution in [0, 0.1) is 0 Å². The summed E-state index contributed by atoms with van der Waals surface area (Å²) >= 11 is 0. The third-order valence-corrected chi connectivity index (χ3v) is 3.22. The molecular formula is C17H24N2O3. The molecule has 0 saturated heterocycles. The third-order valence-electron chi connectivity index (χ3n) is 3.22. The van der Waals surface area contributed by atoms with Gasteiger partial charge in [0, 0.05) is 19.8 Å². The molecule has 0 bridgehead atoms. The van der Waals surface area contributed by atoms with Crippen molar-refractivity contribution < 1.29 is 14.6 Å². The number of aliphatic hydroxyl groups is 1. The van der Waals surface area contributed by atoms with Crippen molar-refractivity contribution in [1.82, 2.24) is 9.78 Å². The van der Waals surface area contributed by atoms with E-state index in [9.17, 15) is 0 Å². The maximum Gasteiger partial charge on any atom is 0.157 e. The topological polar surface area (TPSA) is 56.5 Å². The lowest BCUT2D eigenvalue weighted by atomic mass is 10.2. The molecule has 0 aliphatic carbocycles. The minimum Gasteiger partial charge on any atom is -0.490 e. The van der Waals surface area contributed by atoms with Crippen LogP contribution in [0.3, 0.4) is 0 Å². The lowest BCUT2D eigenvalue weighted by molar-refractivity contribution is 0.113. The molecule has 0 saturated carbocycles. The fourth-order valence-corrected chi connectivity index (χ4v) is 2.03. The summed E-state index contributed by atoms with van der Waals surface area (Å²) in [4.78, 5) is 0. The van der Waals surface area contributed by atoms with Gasteiger partial charge in [0.1, 0.15) is 0 Å². The van der Waals surface area contributed by atoms with Gasteiger partial charge < -0.3 is 14.6 Å². The minimum absolute atomic E-state index is 0.180. The van der Waals surface area contributed by atoms with Gasteiger partial charge in [0.05, 0.1) is 25.6 Å². The van der Waals surface area contributed by atoms with Crippen molar-refractivity contribution in [2.75, 3.05) is 19.8 Å². The van der Waals surface area contributed by atoms with E-state index in [0.29, 0.717) is 26.2 Å². The molecule has 2 aromatic rings. The Labute approximate surface area is 131 Å². The predicted octanol–water partition coefficient (Wildman–Crippen LogP) is 2.64. The highest BCUT2D eigenvalue weighted by atomic mass is 16.5. The Kier molecular flexibility index (Phi) is 7.49. The zero-order valence-corrected chi connectivity index (χ0v) is 12.9. The Balaban J connectivity index is 1.49. The summed E-state index contributed by atoms with van der Waals surface area (Å²) in [7, 11) is 0. The molecule has 5 nitrogen and oxygen atoms in total. The van der Waals surface area contributed by atoms with Crippen molar-refractivity contribution in [2.24, 2.45) is 0 Å². The Hall–Kier alpha value is -1.85. The second kappa shape index (κ2) is 9.97. The molecule has 120 valence electrons. The lowest BCUT2D eigenvalue weighted by Gasteiger charge is -2.05. The second-order valence-electron chi connectivity index (χ2n) is 5.11. The van der Waals surface area contributed by atoms with Crippen LogP contribution in [-0.2, 0) is 17.9 Å². The molecule has 1 aromatic carbocycles. The van der Waals surface area contributed by atoms with E-state index < -0.39 is 0 Å². The van der Waals surface area contributed by atoms with E-state index in [2.05, 4.69) is 17.2 Å². The summed E-state index contributed by atoms with van der Waals surface area (Å²) in [5.74, 6) is 0.781. The number of aliphatic hydroxyl groups excluding tert-OH is 1. The van der Waals surface area contributed by atoms with E-state index in [4.69, 9.17) is 14.6 Å². The number of aromatic nitrogens is 2. The molecule has 1 aromatic heterocycles. The van der Waals surface area contributed by atoms with Crippen molar-refractivity contribution in [3.05, 3.63) is 48.3 Å². The molecule has 1 heterocycles. The summed E-state index contributed by atoms with van der Waals surface area (Å²) in [6.07, 6.45) is 6.22. The molecule has 0 amide bonds. The molecule has 0 radical (unpaired) electrons. The quantitative estimate of drug-likeness (QED) is 0.648. The van der Waals surface area contributed by atoms with Gasteiger partial charge >= 0.3 is 0 Å². The maximum atomic E-state index is 8.77. The summed E-state index contributed by atoms with van der Waals surface area (Å²) in [6, 6.07) is 10.2. The molecule has 0 atom stereocenters. The van der Waals surface area contributed by atoms with Gasteiger partial charge in [-0.05, 0) is 24.8 Å². The normalized spacial score (nSPS) is 10.8. The van der Waals surface area contributed by atoms with Crippen molar-refractivity contribution in [1.29, 1.82) is 0 Å². The van der Waals surface area contributed by atoms with E-state index in [1.165, 1.54) is 5.56 Å². The Morgan fingerprint density at radius 3 is 2.68 bits per heavy atom. The smallest absolute Gasteiger partial charge is 0.157 e. The first kappa shape index (κ1) is 16.5. The molecule has 0 aliphatic rings. The van der Waals surface area contributed by atoms with Gasteiger partial charge in [0.15, 0.2) is 5.75 Å². The first-order valence-corrected chi connectivity index (χ1v) is 7.76. The second-order valence-corrected chi connectivity index (χ2v) is 5.11. The van der Waals surface area contributed by atoms with Crippen LogP contribution in [0.4, 0.5) is 0 Å². The Morgan fingerprint density at radius 1 is 1.05 bits per heavy atom. The highest BCUT2D eigenvalue weighted by molar-refractivity contribution is 5.13. The van der Waals surface area contributed by atoms with Crippen LogP contribution in [-0.4, -0.2) is 34.7 Å². The van der Waals surface area contributed by atoms with E-state index in [0.717, 1.165) is 25.2 Å². The van der Waals surface area contributed by atoms with E-state index >= 15 is 0 Å². The van der Waals surface area contributed by atoms with Gasteiger partial charge in [0.25, 0.3) is 0 Å². The molecule has 1 N–H and O–H groups in total. The summed E-state index contributed by atoms with van der Waals surface area (Å²) in [5.41, 5.74) is 1.20. The van der Waals surface area contributed by atoms with E-state index in [1.807, 2.05) is 24.4 Å². The zero-order valence-electron chi connectivity index (χ0n) is 12.9. The molecule has 2 rings (SSSR count). The predicted molar refractivity (Wildman–Crippen MR) is 84.8 cm³/mol. The maximum absolute atomic E-state index is 8.77. The van der Waals surface area contributed by atoms with E-state index in [1.54, 1.807) is 10.9 Å². The number of unbranched alkanes of at least 4 members (excludes halogenated alkanes) is 1. The minimum atomic E-state index is 0.180. The van der Waals surface area contributed by atoms with Crippen molar-refractivity contribution in [3.63, 3.8) is 0 Å². The SMILES string of the molecule is OCCCn1cc(OCCCCOCc2ccccc2)cn1. The first-order valence-electron chi connectivity index (χ1n) is 7.76. The first-order chi connectivity index (χ1) is 10.9. The standard InChI is InChI=1S/C17H24N2O3/c20-10-6-9-19-14-17(13-18-19)22-12-5-4-11-21-15-16-7-2-1-3-8-16/h1-3,7-8,13-14,20H,4-6,9-12,15H2. The van der Waals surface area contributed by atoms with E-state index in [-0.39, 0.29) is 6.61 Å². The number of rotatable bonds is 11. The highest BCUT2D eigenvalue weighted by Gasteiger charge is 1.99. The van der Waals surface area contributed by atoms with Crippen LogP contribution >= 0.6 is 0 Å². The van der Waals surface area contributed by atoms with Crippen LogP contribution in [0.5, 0.6) is 5.75 Å². The van der Waals surface area contributed by atoms with Crippen LogP contribution in [0.1, 0.15) is 24.8 Å². The van der Waals surface area contributed by atoms with Crippen LogP contribution in [0.2, 0.25) is 0 Å². The largest absolute Gasteiger partial charge is 0.490 e. The zero-order chi connectivity index (χ0) is 15.5.